The normalized spacial score (nSPS) is 13.9. The fourth-order valence-electron chi connectivity index (χ4n) is 2.21. The molecule has 1 aromatic carbocycles. The molecule has 0 spiro atoms. The average molecular weight is 300 g/mol. The topological polar surface area (TPSA) is 71.3 Å². The molecule has 2 aromatic rings. The third kappa shape index (κ3) is 3.44. The van der Waals surface area contributed by atoms with Gasteiger partial charge in [0.1, 0.15) is 0 Å². The average Bonchev–Trinajstić information content (AvgIpc) is 3.25. The Labute approximate surface area is 129 Å². The van der Waals surface area contributed by atoms with Gasteiger partial charge < -0.3 is 14.7 Å². The van der Waals surface area contributed by atoms with Crippen molar-refractivity contribution in [1.29, 1.82) is 0 Å². The van der Waals surface area contributed by atoms with Crippen LogP contribution in [0.15, 0.2) is 28.8 Å². The number of nitrogens with zero attached hydrogens (tertiary/aromatic N) is 3. The van der Waals surface area contributed by atoms with E-state index >= 15 is 0 Å². The van der Waals surface area contributed by atoms with Crippen molar-refractivity contribution in [3.8, 4) is 0 Å². The summed E-state index contributed by atoms with van der Waals surface area (Å²) in [5.74, 6) is 1.93. The monoisotopic (exact) mass is 300 g/mol. The third-order valence-corrected chi connectivity index (χ3v) is 3.81. The highest BCUT2D eigenvalue weighted by atomic mass is 16.5. The highest BCUT2D eigenvalue weighted by Gasteiger charge is 2.29. The predicted molar refractivity (Wildman–Crippen MR) is 82.2 cm³/mol. The van der Waals surface area contributed by atoms with Crippen molar-refractivity contribution in [3.05, 3.63) is 41.5 Å². The Morgan fingerprint density at radius 2 is 2.18 bits per heavy atom. The van der Waals surface area contributed by atoms with Crippen LogP contribution in [-0.4, -0.2) is 28.0 Å². The lowest BCUT2D eigenvalue weighted by molar-refractivity contribution is -0.128. The van der Waals surface area contributed by atoms with E-state index < -0.39 is 0 Å². The maximum atomic E-state index is 11.4. The lowest BCUT2D eigenvalue weighted by atomic mass is 10.1. The number of benzene rings is 1. The minimum atomic E-state index is 0.0436. The van der Waals surface area contributed by atoms with E-state index in [4.69, 9.17) is 4.52 Å². The van der Waals surface area contributed by atoms with Gasteiger partial charge in [-0.2, -0.15) is 4.98 Å². The van der Waals surface area contributed by atoms with E-state index in [0.717, 1.165) is 30.0 Å². The summed E-state index contributed by atoms with van der Waals surface area (Å²) in [6, 6.07) is 7.93. The smallest absolute Gasteiger partial charge is 0.229 e. The molecule has 0 radical (unpaired) electrons. The SMILES string of the molecule is CC(=O)N(C)Cc1ccccc1NCc1noc(C2CC2)n1. The van der Waals surface area contributed by atoms with Crippen molar-refractivity contribution in [2.45, 2.75) is 38.8 Å². The Morgan fingerprint density at radius 1 is 1.41 bits per heavy atom. The maximum absolute atomic E-state index is 11.4. The highest BCUT2D eigenvalue weighted by molar-refractivity contribution is 5.73. The van der Waals surface area contributed by atoms with Crippen LogP contribution in [0.25, 0.3) is 0 Å². The van der Waals surface area contributed by atoms with Gasteiger partial charge in [0.05, 0.1) is 6.54 Å². The fourth-order valence-corrected chi connectivity index (χ4v) is 2.21. The molecule has 0 bridgehead atoms. The summed E-state index contributed by atoms with van der Waals surface area (Å²) < 4.78 is 5.25. The van der Waals surface area contributed by atoms with Crippen molar-refractivity contribution in [2.24, 2.45) is 0 Å². The summed E-state index contributed by atoms with van der Waals surface area (Å²) >= 11 is 0. The number of carbonyl (C=O) groups excluding carboxylic acids is 1. The largest absolute Gasteiger partial charge is 0.377 e. The molecule has 1 N–H and O–H groups in total. The van der Waals surface area contributed by atoms with Gasteiger partial charge >= 0.3 is 0 Å². The molecule has 1 fully saturated rings. The second-order valence-electron chi connectivity index (χ2n) is 5.71. The first-order valence-electron chi connectivity index (χ1n) is 7.49. The van der Waals surface area contributed by atoms with Crippen LogP contribution in [-0.2, 0) is 17.9 Å². The molecule has 0 unspecified atom stereocenters. The summed E-state index contributed by atoms with van der Waals surface area (Å²) in [4.78, 5) is 17.5. The molecular weight excluding hydrogens is 280 g/mol. The molecule has 0 atom stereocenters. The van der Waals surface area contributed by atoms with Crippen molar-refractivity contribution in [1.82, 2.24) is 15.0 Å². The summed E-state index contributed by atoms with van der Waals surface area (Å²) in [7, 11) is 1.79. The minimum absolute atomic E-state index is 0.0436. The van der Waals surface area contributed by atoms with Crippen molar-refractivity contribution >= 4 is 11.6 Å². The Bertz CT molecular complexity index is 664. The molecule has 1 amide bonds. The molecule has 6 heteroatoms. The number of amides is 1. The fraction of sp³-hybridized carbons (Fsp3) is 0.438. The second kappa shape index (κ2) is 6.17. The van der Waals surface area contributed by atoms with Crippen LogP contribution in [0.5, 0.6) is 0 Å². The molecule has 1 heterocycles. The first-order valence-corrected chi connectivity index (χ1v) is 7.49. The van der Waals surface area contributed by atoms with Crippen molar-refractivity contribution < 1.29 is 9.32 Å². The highest BCUT2D eigenvalue weighted by Crippen LogP contribution is 2.38. The Hall–Kier alpha value is -2.37. The molecule has 3 rings (SSSR count). The van der Waals surface area contributed by atoms with Crippen LogP contribution >= 0.6 is 0 Å². The van der Waals surface area contributed by atoms with Gasteiger partial charge in [-0.05, 0) is 24.5 Å². The van der Waals surface area contributed by atoms with E-state index in [1.807, 2.05) is 24.3 Å². The number of carbonyl (C=O) groups is 1. The van der Waals surface area contributed by atoms with Gasteiger partial charge in [0.15, 0.2) is 5.82 Å². The lowest BCUT2D eigenvalue weighted by Crippen LogP contribution is -2.23. The second-order valence-corrected chi connectivity index (χ2v) is 5.71. The van der Waals surface area contributed by atoms with Gasteiger partial charge in [0.2, 0.25) is 11.8 Å². The number of hydrogen-bond donors (Lipinski definition) is 1. The molecule has 0 saturated heterocycles. The van der Waals surface area contributed by atoms with Gasteiger partial charge in [-0.25, -0.2) is 0 Å². The molecule has 1 aliphatic carbocycles. The molecule has 1 aliphatic rings. The zero-order chi connectivity index (χ0) is 15.5. The van der Waals surface area contributed by atoms with Crippen LogP contribution in [0.4, 0.5) is 5.69 Å². The van der Waals surface area contributed by atoms with Crippen LogP contribution in [0.2, 0.25) is 0 Å². The van der Waals surface area contributed by atoms with Crippen LogP contribution in [0, 0.1) is 0 Å². The van der Waals surface area contributed by atoms with Crippen molar-refractivity contribution in [2.75, 3.05) is 12.4 Å². The van der Waals surface area contributed by atoms with Gasteiger partial charge in [0, 0.05) is 32.1 Å². The summed E-state index contributed by atoms with van der Waals surface area (Å²) in [6.45, 7) is 2.64. The zero-order valence-electron chi connectivity index (χ0n) is 12.9. The van der Waals surface area contributed by atoms with E-state index in [1.54, 1.807) is 18.9 Å². The molecule has 1 aromatic heterocycles. The molecule has 0 aliphatic heterocycles. The summed E-state index contributed by atoms with van der Waals surface area (Å²) in [5.41, 5.74) is 2.04. The molecular formula is C16H20N4O2. The van der Waals surface area contributed by atoms with Crippen LogP contribution < -0.4 is 5.32 Å². The first kappa shape index (κ1) is 14.6. The van der Waals surface area contributed by atoms with Gasteiger partial charge in [-0.3, -0.25) is 4.79 Å². The van der Waals surface area contributed by atoms with Gasteiger partial charge in [0.25, 0.3) is 0 Å². The van der Waals surface area contributed by atoms with E-state index in [0.29, 0.717) is 24.8 Å². The predicted octanol–water partition coefficient (Wildman–Crippen LogP) is 2.54. The molecule has 1 saturated carbocycles. The Morgan fingerprint density at radius 3 is 2.91 bits per heavy atom. The maximum Gasteiger partial charge on any atom is 0.229 e. The van der Waals surface area contributed by atoms with E-state index in [9.17, 15) is 4.79 Å². The van der Waals surface area contributed by atoms with E-state index in [2.05, 4.69) is 15.5 Å². The van der Waals surface area contributed by atoms with Crippen LogP contribution in [0.3, 0.4) is 0 Å². The Balaban J connectivity index is 1.64. The van der Waals surface area contributed by atoms with Gasteiger partial charge in [-0.1, -0.05) is 23.4 Å². The zero-order valence-corrected chi connectivity index (χ0v) is 12.9. The number of rotatable bonds is 6. The Kier molecular flexibility index (Phi) is 4.09. The molecule has 22 heavy (non-hydrogen) atoms. The van der Waals surface area contributed by atoms with Gasteiger partial charge in [-0.15, -0.1) is 0 Å². The molecule has 6 nitrogen and oxygen atoms in total. The summed E-state index contributed by atoms with van der Waals surface area (Å²) in [5, 5.41) is 7.32. The lowest BCUT2D eigenvalue weighted by Gasteiger charge is -2.17. The summed E-state index contributed by atoms with van der Waals surface area (Å²) in [6.07, 6.45) is 2.30. The molecule has 116 valence electrons. The number of hydrogen-bond acceptors (Lipinski definition) is 5. The standard InChI is InChI=1S/C16H20N4O2/c1-11(21)20(2)10-13-5-3-4-6-14(13)17-9-15-18-16(22-19-15)12-7-8-12/h3-6,12,17H,7-10H2,1-2H3. The minimum Gasteiger partial charge on any atom is -0.377 e. The number of anilines is 1. The number of aromatic nitrogens is 2. The third-order valence-electron chi connectivity index (χ3n) is 3.81. The number of para-hydroxylation sites is 1. The van der Waals surface area contributed by atoms with Crippen molar-refractivity contribution in [3.63, 3.8) is 0 Å². The van der Waals surface area contributed by atoms with Crippen LogP contribution in [0.1, 0.15) is 43.0 Å². The quantitative estimate of drug-likeness (QED) is 0.887. The van der Waals surface area contributed by atoms with E-state index in [-0.39, 0.29) is 5.91 Å². The first-order chi connectivity index (χ1) is 10.6. The number of nitrogens with one attached hydrogen (secondary N) is 1. The van der Waals surface area contributed by atoms with E-state index in [1.165, 1.54) is 0 Å².